The molecule has 0 spiro atoms. The van der Waals surface area contributed by atoms with Gasteiger partial charge in [-0.25, -0.2) is 28.6 Å². The number of aliphatic hydroxyl groups is 2. The second-order valence-corrected chi connectivity index (χ2v) is 16.6. The molecule has 3 rings (SSSR count). The maximum Gasteiger partial charge on any atom is 0.481 e. The average Bonchev–Trinajstić information content (AvgIpc) is 3.64. The molecule has 2 aromatic heterocycles. The molecular formula is C24H40N9O19P3. The Labute approximate surface area is 309 Å². The summed E-state index contributed by atoms with van der Waals surface area (Å²) in [6.07, 6.45) is -7.19. The molecule has 3 heterocycles. The van der Waals surface area contributed by atoms with E-state index in [1.165, 1.54) is 13.8 Å². The highest BCUT2D eigenvalue weighted by molar-refractivity contribution is 7.61. The summed E-state index contributed by atoms with van der Waals surface area (Å²) in [7, 11) is -16.5. The van der Waals surface area contributed by atoms with E-state index in [0.717, 1.165) is 24.1 Å². The third-order valence-corrected chi connectivity index (χ3v) is 10.6. The minimum Gasteiger partial charge on any atom is -0.386 e. The number of amides is 3. The molecule has 0 bridgehead atoms. The van der Waals surface area contributed by atoms with Crippen molar-refractivity contribution in [2.24, 2.45) is 5.41 Å². The Morgan fingerprint density at radius 1 is 1.04 bits per heavy atom. The molecule has 0 radical (unpaired) electrons. The summed E-state index contributed by atoms with van der Waals surface area (Å²) < 4.78 is 61.8. The van der Waals surface area contributed by atoms with Crippen molar-refractivity contribution >= 4 is 58.2 Å². The first kappa shape index (κ1) is 45.8. The van der Waals surface area contributed by atoms with Crippen molar-refractivity contribution in [1.82, 2.24) is 35.5 Å². The van der Waals surface area contributed by atoms with E-state index in [-0.39, 0.29) is 43.0 Å². The molecular weight excluding hydrogens is 811 g/mol. The number of fused-ring (bicyclic) bond motifs is 1. The lowest BCUT2D eigenvalue weighted by Crippen LogP contribution is -2.46. The first-order chi connectivity index (χ1) is 25.3. The molecule has 8 atom stereocenters. The number of aliphatic hydroxyl groups excluding tert-OH is 2. The van der Waals surface area contributed by atoms with Gasteiger partial charge in [0.05, 0.1) is 19.5 Å². The predicted octanol–water partition coefficient (Wildman–Crippen LogP) is -2.81. The third-order valence-electron chi connectivity index (χ3n) is 7.52. The van der Waals surface area contributed by atoms with Crippen molar-refractivity contribution in [1.29, 1.82) is 0 Å². The van der Waals surface area contributed by atoms with Gasteiger partial charge in [-0.2, -0.15) is 4.31 Å². The largest absolute Gasteiger partial charge is 0.481 e. The lowest BCUT2D eigenvalue weighted by Gasteiger charge is -2.30. The Morgan fingerprint density at radius 3 is 2.29 bits per heavy atom. The maximum atomic E-state index is 12.6. The molecule has 11 N–H and O–H groups in total. The highest BCUT2D eigenvalue weighted by atomic mass is 31.3. The van der Waals surface area contributed by atoms with Crippen molar-refractivity contribution < 1.29 is 85.4 Å². The fourth-order valence-corrected chi connectivity index (χ4v) is 7.40. The summed E-state index contributed by atoms with van der Waals surface area (Å²) in [6.45, 7) is 0.937. The monoisotopic (exact) mass is 851 g/mol. The molecule has 31 heteroatoms. The normalized spacial score (nSPS) is 22.3. The molecule has 0 aliphatic carbocycles. The summed E-state index contributed by atoms with van der Waals surface area (Å²) in [5, 5.41) is 38.9. The number of nitrogens with one attached hydrogen (secondary N) is 3. The SMILES string of the molecule is CC(C(=O)NCCNC(=O)CCNC(=O)[C@H](O)C(C)(C)COP(=O)(O)OP(=O)(O)OC[C@H]1O[C@@H](n2cnc3c(N)ncnc32)[C@H](O)[C@@H]1OP(=O)(O)O)[N+](=O)[O-]. The molecule has 3 amide bonds. The number of nitro groups is 1. The topological polar surface area (TPSA) is 419 Å². The van der Waals surface area contributed by atoms with Gasteiger partial charge in [-0.15, -0.1) is 0 Å². The van der Waals surface area contributed by atoms with E-state index in [9.17, 15) is 68.0 Å². The summed E-state index contributed by atoms with van der Waals surface area (Å²) in [5.74, 6) is -2.54. The first-order valence-electron chi connectivity index (χ1n) is 15.6. The summed E-state index contributed by atoms with van der Waals surface area (Å²) >= 11 is 0. The molecule has 1 fully saturated rings. The Hall–Kier alpha value is -3.59. The highest BCUT2D eigenvalue weighted by Crippen LogP contribution is 2.61. The van der Waals surface area contributed by atoms with Crippen LogP contribution in [0, 0.1) is 15.5 Å². The van der Waals surface area contributed by atoms with Crippen molar-refractivity contribution in [3.05, 3.63) is 22.8 Å². The number of nitrogens with zero attached hydrogens (tertiary/aromatic N) is 5. The molecule has 1 saturated heterocycles. The number of rotatable bonds is 21. The van der Waals surface area contributed by atoms with E-state index in [0.29, 0.717) is 0 Å². The molecule has 1 aliphatic rings. The Morgan fingerprint density at radius 2 is 1.65 bits per heavy atom. The zero-order chi connectivity index (χ0) is 41.5. The van der Waals surface area contributed by atoms with Crippen LogP contribution in [0.15, 0.2) is 12.7 Å². The summed E-state index contributed by atoms with van der Waals surface area (Å²) in [6, 6.07) is -1.48. The molecule has 28 nitrogen and oxygen atoms in total. The quantitative estimate of drug-likeness (QED) is 0.0262. The van der Waals surface area contributed by atoms with Gasteiger partial charge in [0.25, 0.3) is 11.9 Å². The molecule has 0 aromatic carbocycles. The molecule has 3 unspecified atom stereocenters. The first-order valence-corrected chi connectivity index (χ1v) is 20.2. The van der Waals surface area contributed by atoms with Crippen molar-refractivity contribution in [3.8, 4) is 0 Å². The Balaban J connectivity index is 1.50. The van der Waals surface area contributed by atoms with Crippen LogP contribution in [0.4, 0.5) is 5.82 Å². The van der Waals surface area contributed by atoms with Crippen LogP contribution in [-0.2, 0) is 50.7 Å². The van der Waals surface area contributed by atoms with Gasteiger partial charge in [0.2, 0.25) is 11.8 Å². The van der Waals surface area contributed by atoms with Gasteiger partial charge in [0, 0.05) is 43.3 Å². The van der Waals surface area contributed by atoms with E-state index in [2.05, 4.69) is 39.7 Å². The Kier molecular flexibility index (Phi) is 15.5. The molecule has 310 valence electrons. The minimum absolute atomic E-state index is 0.0152. The van der Waals surface area contributed by atoms with Crippen molar-refractivity contribution in [2.75, 3.05) is 38.6 Å². The number of carbonyl (C=O) groups excluding carboxylic acids is 3. The van der Waals surface area contributed by atoms with Gasteiger partial charge >= 0.3 is 23.5 Å². The van der Waals surface area contributed by atoms with Crippen LogP contribution in [0.5, 0.6) is 0 Å². The maximum absolute atomic E-state index is 12.6. The predicted molar refractivity (Wildman–Crippen MR) is 179 cm³/mol. The lowest BCUT2D eigenvalue weighted by molar-refractivity contribution is -0.503. The van der Waals surface area contributed by atoms with Crippen molar-refractivity contribution in [2.45, 2.75) is 63.9 Å². The second-order valence-electron chi connectivity index (χ2n) is 12.3. The van der Waals surface area contributed by atoms with Crippen LogP contribution in [0.1, 0.15) is 33.4 Å². The number of anilines is 1. The highest BCUT2D eigenvalue weighted by Gasteiger charge is 2.50. The molecule has 2 aromatic rings. The fourth-order valence-electron chi connectivity index (χ4n) is 4.57. The van der Waals surface area contributed by atoms with E-state index in [1.54, 1.807) is 0 Å². The molecule has 0 saturated carbocycles. The Bertz CT molecular complexity index is 1860. The molecule has 55 heavy (non-hydrogen) atoms. The number of hydrogen-bond acceptors (Lipinski definition) is 19. The number of nitrogens with two attached hydrogens (primary N) is 1. The van der Waals surface area contributed by atoms with E-state index < -0.39 is 101 Å². The summed E-state index contributed by atoms with van der Waals surface area (Å²) in [4.78, 5) is 96.6. The number of phosphoric acid groups is 3. The van der Waals surface area contributed by atoms with E-state index in [4.69, 9.17) is 19.5 Å². The number of phosphoric ester groups is 3. The van der Waals surface area contributed by atoms with Crippen LogP contribution >= 0.6 is 23.5 Å². The van der Waals surface area contributed by atoms with Crippen LogP contribution in [0.2, 0.25) is 0 Å². The number of nitrogen functional groups attached to an aromatic ring is 1. The second kappa shape index (κ2) is 18.6. The van der Waals surface area contributed by atoms with Crippen LogP contribution in [0.3, 0.4) is 0 Å². The zero-order valence-corrected chi connectivity index (χ0v) is 31.7. The molecule has 1 aliphatic heterocycles. The van der Waals surface area contributed by atoms with E-state index >= 15 is 0 Å². The van der Waals surface area contributed by atoms with Gasteiger partial charge in [-0.05, 0) is 0 Å². The fraction of sp³-hybridized carbons (Fsp3) is 0.667. The zero-order valence-electron chi connectivity index (χ0n) is 29.0. The average molecular weight is 852 g/mol. The van der Waals surface area contributed by atoms with Gasteiger partial charge < -0.3 is 56.2 Å². The van der Waals surface area contributed by atoms with Gasteiger partial charge in [0.15, 0.2) is 17.7 Å². The van der Waals surface area contributed by atoms with Gasteiger partial charge in [-0.1, -0.05) is 13.8 Å². The lowest BCUT2D eigenvalue weighted by atomic mass is 9.87. The van der Waals surface area contributed by atoms with Crippen LogP contribution < -0.4 is 21.7 Å². The standard InChI is InChI=1S/C24H40N9O19P3/c1-12(33(39)40)21(37)28-7-6-26-14(34)4-5-27-22(38)18(36)24(2,3)9-49-55(46,47)52-54(44,45)48-8-13-17(51-53(41,42)43)16(35)23(50-13)32-11-31-15-19(25)29-10-30-20(15)32/h10-13,16-18,23,35-36H,4-9H2,1-3H3,(H,26,34)(H,27,38)(H,28,37)(H,44,45)(H,46,47)(H2,25,29,30)(H2,41,42,43)/t12?,13-,16-,17-,18+,23-/m1/s1. The number of aromatic nitrogens is 4. The summed E-state index contributed by atoms with van der Waals surface area (Å²) in [5.41, 5.74) is 4.17. The van der Waals surface area contributed by atoms with E-state index in [1.807, 2.05) is 0 Å². The number of ether oxygens (including phenoxy) is 1. The van der Waals surface area contributed by atoms with Gasteiger partial charge in [0.1, 0.15) is 36.3 Å². The van der Waals surface area contributed by atoms with Crippen LogP contribution in [0.25, 0.3) is 11.2 Å². The van der Waals surface area contributed by atoms with Crippen LogP contribution in [-0.4, -0.2) is 135 Å². The smallest absolute Gasteiger partial charge is 0.386 e. The number of imidazole rings is 1. The van der Waals surface area contributed by atoms with Crippen molar-refractivity contribution in [3.63, 3.8) is 0 Å². The van der Waals surface area contributed by atoms with Gasteiger partial charge in [-0.3, -0.25) is 42.6 Å². The number of hydrogen-bond donors (Lipinski definition) is 10. The number of carbonyl (C=O) groups is 3. The third kappa shape index (κ3) is 13.3. The minimum atomic E-state index is -5.60.